The quantitative estimate of drug-likeness (QED) is 0.127. The minimum absolute atomic E-state index is 0.195. The molecular weight excluding hydrogens is 742 g/mol. The smallest absolute Gasteiger partial charge is 0.404 e. The Labute approximate surface area is 271 Å². The first kappa shape index (κ1) is 41.6. The second-order valence-electron chi connectivity index (χ2n) is 9.14. The molecule has 0 saturated carbocycles. The van der Waals surface area contributed by atoms with Crippen LogP contribution >= 0.6 is 42.9 Å². The molecule has 47 heavy (non-hydrogen) atoms. The van der Waals surface area contributed by atoms with Crippen LogP contribution in [0, 0.1) is 0 Å². The van der Waals surface area contributed by atoms with E-state index in [9.17, 15) is 57.6 Å². The number of nitrogens with one attached hydrogen (secondary N) is 1. The van der Waals surface area contributed by atoms with Gasteiger partial charge in [-0.25, -0.2) is 23.1 Å². The van der Waals surface area contributed by atoms with E-state index >= 15 is 0 Å². The maximum absolute atomic E-state index is 12.1. The van der Waals surface area contributed by atoms with E-state index in [1.165, 1.54) is 31.8 Å². The van der Waals surface area contributed by atoms with Gasteiger partial charge in [0.1, 0.15) is 24.1 Å². The van der Waals surface area contributed by atoms with Gasteiger partial charge in [0.2, 0.25) is 0 Å². The van der Waals surface area contributed by atoms with Crippen LogP contribution in [0.1, 0.15) is 27.0 Å². The molecule has 2 aromatic rings. The Morgan fingerprint density at radius 3 is 1.83 bits per heavy atom. The summed E-state index contributed by atoms with van der Waals surface area (Å²) in [5.74, 6) is -0.388. The molecule has 1 aliphatic heterocycles. The van der Waals surface area contributed by atoms with Gasteiger partial charge in [0.15, 0.2) is 6.23 Å². The Morgan fingerprint density at radius 1 is 0.830 bits per heavy atom. The van der Waals surface area contributed by atoms with Gasteiger partial charge in [-0.3, -0.25) is 23.8 Å². The summed E-state index contributed by atoms with van der Waals surface area (Å²) in [6, 6.07) is 5.43. The molecule has 1 fully saturated rings. The zero-order chi connectivity index (χ0) is 35.8. The normalized spacial score (nSPS) is 24.7. The maximum atomic E-state index is 12.1. The Balaban J connectivity index is 0.000000984. The van der Waals surface area contributed by atoms with Crippen LogP contribution in [0.4, 0.5) is 0 Å². The summed E-state index contributed by atoms with van der Waals surface area (Å²) in [6.45, 7) is 8.98. The predicted octanol–water partition coefficient (Wildman–Crippen LogP) is 1.70. The summed E-state index contributed by atoms with van der Waals surface area (Å²) in [5, 5.41) is 20.4. The molecule has 0 radical (unpaired) electrons. The molecule has 7 N–H and O–H groups in total. The number of hydrogen-bond donors (Lipinski definition) is 7. The molecule has 21 nitrogen and oxygen atoms in total. The Hall–Kier alpha value is -1.57. The number of halogens is 1. The van der Waals surface area contributed by atoms with Crippen molar-refractivity contribution in [2.75, 3.05) is 26.2 Å². The molecule has 1 saturated heterocycles. The molecular formula is C21H34ClN3O18P4. The Kier molecular flexibility index (Phi) is 15.4. The number of aliphatic hydroxyl groups excluding tert-OH is 2. The SMILES string of the molecule is CCN(CC)CC.O=c1ccn([C@@H]2O[C@H](COP(=O)(O)OP(=O)(O)OP(=O)(O)OP(=O)(O)Oc3ccc(Cl)cc3)[C@@H](O)[C@H]2O)c(=O)[nH]1. The molecule has 26 heteroatoms. The second kappa shape index (κ2) is 17.4. The topological polar surface area (TPSA) is 303 Å². The summed E-state index contributed by atoms with van der Waals surface area (Å²) in [4.78, 5) is 65.8. The molecule has 8 atom stereocenters. The van der Waals surface area contributed by atoms with E-state index in [2.05, 4.69) is 47.7 Å². The predicted molar refractivity (Wildman–Crippen MR) is 161 cm³/mol. The first-order valence-electron chi connectivity index (χ1n) is 13.2. The zero-order valence-electron chi connectivity index (χ0n) is 24.7. The standard InChI is InChI=1S/C15H19ClN2O18P4.C6H15N/c16-8-1-3-9(4-2-8)33-38(25,26)35-40(29,30)36-39(27,28)34-37(23,24)31-7-10-12(20)13(21)14(32-10)18-6-5-11(19)17-15(18)22;1-4-7(5-2)6-3/h1-6,10,12-14,20-21H,7H2,(H,23,24)(H,25,26)(H,27,28)(H,29,30)(H,17,19,22);4-6H2,1-3H3/t10-,12-,13-,14-;/m1./s1. The first-order valence-corrected chi connectivity index (χ1v) is 19.6. The minimum atomic E-state index is -6.08. The molecule has 2 heterocycles. The number of H-pyrrole nitrogens is 1. The van der Waals surface area contributed by atoms with Crippen molar-refractivity contribution in [3.05, 3.63) is 62.4 Å². The van der Waals surface area contributed by atoms with E-state index in [-0.39, 0.29) is 10.8 Å². The van der Waals surface area contributed by atoms with Gasteiger partial charge in [-0.1, -0.05) is 32.4 Å². The number of aromatic nitrogens is 2. The minimum Gasteiger partial charge on any atom is -0.404 e. The average molecular weight is 776 g/mol. The molecule has 1 aliphatic rings. The van der Waals surface area contributed by atoms with Gasteiger partial charge >= 0.3 is 37.0 Å². The van der Waals surface area contributed by atoms with E-state index in [4.69, 9.17) is 16.3 Å². The van der Waals surface area contributed by atoms with E-state index in [1.54, 1.807) is 0 Å². The van der Waals surface area contributed by atoms with Crippen molar-refractivity contribution in [2.24, 2.45) is 0 Å². The van der Waals surface area contributed by atoms with E-state index < -0.39 is 73.7 Å². The molecule has 0 aliphatic carbocycles. The van der Waals surface area contributed by atoms with Gasteiger partial charge in [-0.15, -0.1) is 0 Å². The van der Waals surface area contributed by atoms with Gasteiger partial charge in [-0.2, -0.15) is 12.9 Å². The van der Waals surface area contributed by atoms with Crippen molar-refractivity contribution >= 4 is 42.9 Å². The fourth-order valence-corrected chi connectivity index (χ4v) is 8.73. The molecule has 0 amide bonds. The van der Waals surface area contributed by atoms with Gasteiger partial charge < -0.3 is 39.1 Å². The van der Waals surface area contributed by atoms with Crippen LogP contribution in [0.3, 0.4) is 0 Å². The van der Waals surface area contributed by atoms with Crippen molar-refractivity contribution in [1.82, 2.24) is 14.5 Å². The van der Waals surface area contributed by atoms with Crippen molar-refractivity contribution in [1.29, 1.82) is 0 Å². The Bertz CT molecular complexity index is 1630. The molecule has 3 rings (SSSR count). The highest BCUT2D eigenvalue weighted by molar-refractivity contribution is 7.69. The van der Waals surface area contributed by atoms with Gasteiger partial charge in [0.25, 0.3) is 5.56 Å². The lowest BCUT2D eigenvalue weighted by Gasteiger charge is -2.21. The molecule has 4 unspecified atom stereocenters. The third kappa shape index (κ3) is 13.7. The van der Waals surface area contributed by atoms with Gasteiger partial charge in [0, 0.05) is 17.3 Å². The summed E-state index contributed by atoms with van der Waals surface area (Å²) < 4.78 is 74.1. The Morgan fingerprint density at radius 2 is 1.34 bits per heavy atom. The zero-order valence-corrected chi connectivity index (χ0v) is 29.1. The van der Waals surface area contributed by atoms with Crippen LogP contribution in [0.2, 0.25) is 5.02 Å². The van der Waals surface area contributed by atoms with Gasteiger partial charge in [0.05, 0.1) is 6.61 Å². The highest BCUT2D eigenvalue weighted by atomic mass is 35.5. The molecule has 268 valence electrons. The fourth-order valence-electron chi connectivity index (χ4n) is 3.65. The number of aromatic amines is 1. The number of ether oxygens (including phenoxy) is 1. The highest BCUT2D eigenvalue weighted by Crippen LogP contribution is 2.71. The number of hydrogen-bond acceptors (Lipinski definition) is 15. The maximum Gasteiger partial charge on any atom is 0.536 e. The number of aliphatic hydroxyl groups is 2. The summed E-state index contributed by atoms with van der Waals surface area (Å²) in [7, 11) is -23.3. The summed E-state index contributed by atoms with van der Waals surface area (Å²) >= 11 is 5.63. The number of benzene rings is 1. The van der Waals surface area contributed by atoms with E-state index in [1.807, 2.05) is 4.98 Å². The van der Waals surface area contributed by atoms with Crippen LogP contribution in [0.5, 0.6) is 5.75 Å². The van der Waals surface area contributed by atoms with Crippen LogP contribution in [0.25, 0.3) is 0 Å². The number of phosphoric ester groups is 2. The van der Waals surface area contributed by atoms with Crippen molar-refractivity contribution in [2.45, 2.75) is 45.3 Å². The lowest BCUT2D eigenvalue weighted by molar-refractivity contribution is -0.0542. The third-order valence-electron chi connectivity index (χ3n) is 5.86. The van der Waals surface area contributed by atoms with Crippen LogP contribution in [0.15, 0.2) is 46.1 Å². The molecule has 1 aromatic heterocycles. The molecule has 0 bridgehead atoms. The molecule has 1 aromatic carbocycles. The second-order valence-corrected chi connectivity index (χ2v) is 15.7. The monoisotopic (exact) mass is 775 g/mol. The number of phosphoric acid groups is 4. The highest BCUT2D eigenvalue weighted by Gasteiger charge is 2.48. The lowest BCUT2D eigenvalue weighted by atomic mass is 10.1. The number of rotatable bonds is 15. The van der Waals surface area contributed by atoms with E-state index in [0.29, 0.717) is 4.57 Å². The third-order valence-corrected chi connectivity index (χ3v) is 12.0. The summed E-state index contributed by atoms with van der Waals surface area (Å²) in [6.07, 6.45) is -6.05. The van der Waals surface area contributed by atoms with Crippen molar-refractivity contribution in [3.8, 4) is 5.75 Å². The first-order chi connectivity index (χ1) is 21.6. The van der Waals surface area contributed by atoms with Gasteiger partial charge in [-0.05, 0) is 43.9 Å². The van der Waals surface area contributed by atoms with Crippen LogP contribution < -0.4 is 15.8 Å². The van der Waals surface area contributed by atoms with Crippen LogP contribution in [-0.4, -0.2) is 88.8 Å². The average Bonchev–Trinajstić information content (AvgIpc) is 3.21. The fraction of sp³-hybridized carbons (Fsp3) is 0.524. The molecule has 0 spiro atoms. The number of nitrogens with zero attached hydrogens (tertiary/aromatic N) is 2. The van der Waals surface area contributed by atoms with Crippen molar-refractivity contribution in [3.63, 3.8) is 0 Å². The van der Waals surface area contributed by atoms with E-state index in [0.717, 1.165) is 24.4 Å². The largest absolute Gasteiger partial charge is 0.536 e. The summed E-state index contributed by atoms with van der Waals surface area (Å²) in [5.41, 5.74) is -1.82. The van der Waals surface area contributed by atoms with Crippen LogP contribution in [-0.2, 0) is 40.5 Å². The lowest BCUT2D eigenvalue weighted by Crippen LogP contribution is -2.37. The van der Waals surface area contributed by atoms with Crippen molar-refractivity contribution < 1.29 is 74.8 Å².